The number of rotatable bonds is 3. The molecule has 1 aromatic heterocycles. The third kappa shape index (κ3) is 2.31. The van der Waals surface area contributed by atoms with Crippen molar-refractivity contribution in [2.24, 2.45) is 0 Å². The van der Waals surface area contributed by atoms with E-state index in [1.165, 1.54) is 9.71 Å². The van der Waals surface area contributed by atoms with Crippen LogP contribution in [0.2, 0.25) is 0 Å². The van der Waals surface area contributed by atoms with E-state index in [0.717, 1.165) is 37.7 Å². The van der Waals surface area contributed by atoms with Crippen LogP contribution in [0.15, 0.2) is 24.3 Å². The zero-order valence-electron chi connectivity index (χ0n) is 10.2. The van der Waals surface area contributed by atoms with Crippen LogP contribution in [0.3, 0.4) is 0 Å². The normalized spacial score (nSPS) is 18.2. The molecule has 1 aromatic carbocycles. The summed E-state index contributed by atoms with van der Waals surface area (Å²) in [5.74, 6) is 0.574. The second-order valence-electron chi connectivity index (χ2n) is 4.76. The van der Waals surface area contributed by atoms with E-state index in [2.05, 4.69) is 23.1 Å². The summed E-state index contributed by atoms with van der Waals surface area (Å²) in [5, 5.41) is 1.27. The van der Waals surface area contributed by atoms with Crippen molar-refractivity contribution in [1.29, 1.82) is 0 Å². The molecule has 1 aliphatic rings. The molecule has 4 heteroatoms. The standard InChI is InChI=1S/C14H16N2OS/c17-10-9-16-7-5-11(6-8-16)14-15-12-3-1-2-4-13(12)18-14/h1-4,10-11H,5-9H2. The van der Waals surface area contributed by atoms with Crippen LogP contribution in [-0.4, -0.2) is 35.8 Å². The molecule has 0 saturated carbocycles. The molecule has 1 saturated heterocycles. The lowest BCUT2D eigenvalue weighted by atomic mass is 9.98. The zero-order valence-corrected chi connectivity index (χ0v) is 11.0. The van der Waals surface area contributed by atoms with Gasteiger partial charge in [0.05, 0.1) is 21.8 Å². The SMILES string of the molecule is O=CCN1CCC(c2nc3ccccc3s2)CC1. The highest BCUT2D eigenvalue weighted by atomic mass is 32.1. The largest absolute Gasteiger partial charge is 0.302 e. The number of carbonyl (C=O) groups excluding carboxylic acids is 1. The van der Waals surface area contributed by atoms with Crippen LogP contribution in [0.4, 0.5) is 0 Å². The molecule has 1 aliphatic heterocycles. The van der Waals surface area contributed by atoms with Crippen molar-refractivity contribution in [1.82, 2.24) is 9.88 Å². The van der Waals surface area contributed by atoms with Gasteiger partial charge in [0.2, 0.25) is 0 Å². The van der Waals surface area contributed by atoms with Crippen LogP contribution in [0.5, 0.6) is 0 Å². The predicted molar refractivity (Wildman–Crippen MR) is 74.1 cm³/mol. The number of nitrogens with zero attached hydrogens (tertiary/aromatic N) is 2. The molecule has 94 valence electrons. The van der Waals surface area contributed by atoms with Crippen molar-refractivity contribution < 1.29 is 4.79 Å². The van der Waals surface area contributed by atoms with Gasteiger partial charge in [0, 0.05) is 5.92 Å². The number of fused-ring (bicyclic) bond motifs is 1. The van der Waals surface area contributed by atoms with Crippen molar-refractivity contribution in [2.75, 3.05) is 19.6 Å². The summed E-state index contributed by atoms with van der Waals surface area (Å²) in [5.41, 5.74) is 1.12. The Bertz CT molecular complexity index is 510. The number of para-hydroxylation sites is 1. The minimum absolute atomic E-state index is 0.574. The van der Waals surface area contributed by atoms with E-state index in [0.29, 0.717) is 12.5 Å². The first-order chi connectivity index (χ1) is 8.86. The lowest BCUT2D eigenvalue weighted by molar-refractivity contribution is -0.109. The van der Waals surface area contributed by atoms with Gasteiger partial charge in [0.15, 0.2) is 0 Å². The molecule has 0 spiro atoms. The predicted octanol–water partition coefficient (Wildman–Crippen LogP) is 2.67. The quantitative estimate of drug-likeness (QED) is 0.796. The van der Waals surface area contributed by atoms with E-state index in [1.807, 2.05) is 17.4 Å². The van der Waals surface area contributed by atoms with E-state index in [4.69, 9.17) is 4.98 Å². The molecule has 0 radical (unpaired) electrons. The fourth-order valence-electron chi connectivity index (χ4n) is 2.53. The Morgan fingerprint density at radius 3 is 2.83 bits per heavy atom. The van der Waals surface area contributed by atoms with Gasteiger partial charge in [0.1, 0.15) is 6.29 Å². The molecule has 2 heterocycles. The maximum Gasteiger partial charge on any atom is 0.133 e. The molecule has 0 atom stereocenters. The van der Waals surface area contributed by atoms with Gasteiger partial charge in [-0.1, -0.05) is 12.1 Å². The second kappa shape index (κ2) is 5.16. The van der Waals surface area contributed by atoms with Gasteiger partial charge >= 0.3 is 0 Å². The smallest absolute Gasteiger partial charge is 0.133 e. The summed E-state index contributed by atoms with van der Waals surface area (Å²) in [7, 11) is 0. The fourth-order valence-corrected chi connectivity index (χ4v) is 3.67. The first-order valence-electron chi connectivity index (χ1n) is 6.38. The maximum atomic E-state index is 10.5. The molecular weight excluding hydrogens is 244 g/mol. The molecule has 3 rings (SSSR count). The van der Waals surface area contributed by atoms with Crippen molar-refractivity contribution >= 4 is 27.8 Å². The monoisotopic (exact) mass is 260 g/mol. The summed E-state index contributed by atoms with van der Waals surface area (Å²) in [6, 6.07) is 8.32. The average Bonchev–Trinajstić information content (AvgIpc) is 2.84. The molecule has 0 N–H and O–H groups in total. The first kappa shape index (κ1) is 11.8. The maximum absolute atomic E-state index is 10.5. The Kier molecular flexibility index (Phi) is 3.39. The highest BCUT2D eigenvalue weighted by molar-refractivity contribution is 7.18. The Morgan fingerprint density at radius 1 is 1.33 bits per heavy atom. The summed E-state index contributed by atoms with van der Waals surface area (Å²) in [6.07, 6.45) is 3.24. The van der Waals surface area contributed by atoms with Gasteiger partial charge in [-0.3, -0.25) is 4.90 Å². The number of piperidine rings is 1. The molecule has 1 fully saturated rings. The topological polar surface area (TPSA) is 33.2 Å². The number of thiazole rings is 1. The molecule has 18 heavy (non-hydrogen) atoms. The lowest BCUT2D eigenvalue weighted by Gasteiger charge is -2.29. The fraction of sp³-hybridized carbons (Fsp3) is 0.429. The van der Waals surface area contributed by atoms with Gasteiger partial charge in [-0.2, -0.15) is 0 Å². The number of aldehydes is 1. The average molecular weight is 260 g/mol. The third-order valence-corrected chi connectivity index (χ3v) is 4.78. The van der Waals surface area contributed by atoms with E-state index in [1.54, 1.807) is 0 Å². The first-order valence-corrected chi connectivity index (χ1v) is 7.20. The molecule has 0 bridgehead atoms. The number of hydrogen-bond acceptors (Lipinski definition) is 4. The number of hydrogen-bond donors (Lipinski definition) is 0. The van der Waals surface area contributed by atoms with Crippen molar-refractivity contribution in [3.63, 3.8) is 0 Å². The van der Waals surface area contributed by atoms with E-state index in [9.17, 15) is 4.79 Å². The Balaban J connectivity index is 1.74. The minimum atomic E-state index is 0.574. The van der Waals surface area contributed by atoms with E-state index in [-0.39, 0.29) is 0 Å². The van der Waals surface area contributed by atoms with Crippen LogP contribution >= 0.6 is 11.3 Å². The van der Waals surface area contributed by atoms with Gasteiger partial charge in [0.25, 0.3) is 0 Å². The van der Waals surface area contributed by atoms with Gasteiger partial charge in [-0.05, 0) is 38.1 Å². The minimum Gasteiger partial charge on any atom is -0.302 e. The lowest BCUT2D eigenvalue weighted by Crippen LogP contribution is -2.34. The van der Waals surface area contributed by atoms with Crippen LogP contribution in [0.25, 0.3) is 10.2 Å². The summed E-state index contributed by atoms with van der Waals surface area (Å²) in [6.45, 7) is 2.60. The van der Waals surface area contributed by atoms with Gasteiger partial charge in [-0.25, -0.2) is 4.98 Å². The molecule has 0 amide bonds. The van der Waals surface area contributed by atoms with Crippen molar-refractivity contribution in [2.45, 2.75) is 18.8 Å². The molecule has 2 aromatic rings. The number of likely N-dealkylation sites (tertiary alicyclic amines) is 1. The summed E-state index contributed by atoms with van der Waals surface area (Å²) < 4.78 is 1.28. The number of aromatic nitrogens is 1. The van der Waals surface area contributed by atoms with Crippen LogP contribution in [0, 0.1) is 0 Å². The number of benzene rings is 1. The molecule has 3 nitrogen and oxygen atoms in total. The van der Waals surface area contributed by atoms with Crippen LogP contribution in [-0.2, 0) is 4.79 Å². The Morgan fingerprint density at radius 2 is 2.11 bits per heavy atom. The van der Waals surface area contributed by atoms with Gasteiger partial charge < -0.3 is 4.79 Å². The highest BCUT2D eigenvalue weighted by Crippen LogP contribution is 2.33. The Hall–Kier alpha value is -1.26. The second-order valence-corrected chi connectivity index (χ2v) is 5.82. The van der Waals surface area contributed by atoms with Crippen molar-refractivity contribution in [3.05, 3.63) is 29.3 Å². The van der Waals surface area contributed by atoms with E-state index < -0.39 is 0 Å². The Labute approximate surface area is 110 Å². The highest BCUT2D eigenvalue weighted by Gasteiger charge is 2.22. The molecule has 0 unspecified atom stereocenters. The number of carbonyl (C=O) groups is 1. The van der Waals surface area contributed by atoms with Crippen LogP contribution < -0.4 is 0 Å². The molecule has 0 aliphatic carbocycles. The zero-order chi connectivity index (χ0) is 12.4. The third-order valence-electron chi connectivity index (χ3n) is 3.58. The van der Waals surface area contributed by atoms with E-state index >= 15 is 0 Å². The molecular formula is C14H16N2OS. The summed E-state index contributed by atoms with van der Waals surface area (Å²) >= 11 is 1.82. The summed E-state index contributed by atoms with van der Waals surface area (Å²) in [4.78, 5) is 17.4. The van der Waals surface area contributed by atoms with Crippen LogP contribution in [0.1, 0.15) is 23.8 Å². The van der Waals surface area contributed by atoms with Crippen molar-refractivity contribution in [3.8, 4) is 0 Å². The van der Waals surface area contributed by atoms with Gasteiger partial charge in [-0.15, -0.1) is 11.3 Å².